The molecule has 384 valence electrons. The second-order valence-electron chi connectivity index (χ2n) is 19.5. The van der Waals surface area contributed by atoms with Crippen LogP contribution in [0.3, 0.4) is 0 Å². The summed E-state index contributed by atoms with van der Waals surface area (Å²) in [5.74, 6) is 0.862. The van der Waals surface area contributed by atoms with Crippen LogP contribution in [0.4, 0.5) is 0 Å². The Kier molecular flexibility index (Phi) is 12.8. The molecule has 11 heteroatoms. The second kappa shape index (κ2) is 21.3. The van der Waals surface area contributed by atoms with Gasteiger partial charge in [-0.2, -0.15) is 5.10 Å². The molecule has 0 bridgehead atoms. The Bertz CT molecular complexity index is 4750. The smallest absolute Gasteiger partial charge is 0.138 e. The van der Waals surface area contributed by atoms with E-state index in [1.807, 2.05) is 137 Å². The fourth-order valence-electron chi connectivity index (χ4n) is 10.6. The van der Waals surface area contributed by atoms with Gasteiger partial charge in [-0.15, -0.1) is 5.10 Å². The van der Waals surface area contributed by atoms with Gasteiger partial charge in [-0.25, -0.2) is 29.5 Å². The summed E-state index contributed by atoms with van der Waals surface area (Å²) in [6.45, 7) is 0. The number of nitrogens with zero attached hydrogens (tertiary/aromatic N) is 9. The first-order valence-electron chi connectivity index (χ1n) is 26.6. The highest BCUT2D eigenvalue weighted by atomic mass is 79.9. The van der Waals surface area contributed by atoms with Crippen LogP contribution in [-0.2, 0) is 0 Å². The predicted molar refractivity (Wildman–Crippen MR) is 333 cm³/mol. The molecule has 0 saturated heterocycles. The maximum atomic E-state index is 5.23. The molecular formula is C70H47BrN10. The molecule has 0 saturated carbocycles. The highest BCUT2D eigenvalue weighted by molar-refractivity contribution is 9.10. The predicted octanol–water partition coefficient (Wildman–Crippen LogP) is 17.5. The number of rotatable bonds is 7. The molecule has 0 unspecified atom stereocenters. The maximum absolute atomic E-state index is 5.23. The number of pyridine rings is 2. The first-order valence-corrected chi connectivity index (χ1v) is 27.4. The molecule has 6 aromatic heterocycles. The minimum absolute atomic E-state index is 0.836. The molecule has 0 amide bonds. The van der Waals surface area contributed by atoms with Gasteiger partial charge in [-0.3, -0.25) is 4.57 Å². The number of halogens is 1. The molecular weight excluding hydrogens is 1060 g/mol. The van der Waals surface area contributed by atoms with Crippen molar-refractivity contribution in [1.82, 2.24) is 49.5 Å². The quantitative estimate of drug-likeness (QED) is 0.159. The lowest BCUT2D eigenvalue weighted by molar-refractivity contribution is 0.824. The van der Waals surface area contributed by atoms with Gasteiger partial charge in [0.2, 0.25) is 0 Å². The van der Waals surface area contributed by atoms with Crippen LogP contribution in [0, 0.1) is 0 Å². The van der Waals surface area contributed by atoms with Crippen molar-refractivity contribution in [3.05, 3.63) is 284 Å². The van der Waals surface area contributed by atoms with Crippen molar-refractivity contribution < 1.29 is 0 Å². The third-order valence-corrected chi connectivity index (χ3v) is 14.9. The molecule has 0 atom stereocenters. The SMILES string of the molecule is Brc1cc(-c2ccccc2)cc(-c2ccccc2)n1.c1ccc(-c2cc(-c3ccccc3)nc(-n3c4ccccc4c4cc5c(cc43)nnn5-c3ccccc3)c2)cc1.c1ccc(-n2[nH]nc3cc4nc5ccccc5c4cc32)cc1. The van der Waals surface area contributed by atoms with Crippen LogP contribution >= 0.6 is 15.9 Å². The van der Waals surface area contributed by atoms with Crippen molar-refractivity contribution >= 4 is 81.6 Å². The minimum atomic E-state index is 0.836. The van der Waals surface area contributed by atoms with Gasteiger partial charge in [0.25, 0.3) is 0 Å². The molecule has 0 aliphatic rings. The third-order valence-electron chi connectivity index (χ3n) is 14.5. The molecule has 16 rings (SSSR count). The number of hydrogen-bond acceptors (Lipinski definition) is 6. The molecule has 10 nitrogen and oxygen atoms in total. The fourth-order valence-corrected chi connectivity index (χ4v) is 11.1. The molecule has 10 aromatic carbocycles. The summed E-state index contributed by atoms with van der Waals surface area (Å²) < 4.78 is 7.01. The largest absolute Gasteiger partial charge is 0.294 e. The number of para-hydroxylation sites is 4. The zero-order valence-corrected chi connectivity index (χ0v) is 45.0. The maximum Gasteiger partial charge on any atom is 0.138 e. The van der Waals surface area contributed by atoms with E-state index < -0.39 is 0 Å². The van der Waals surface area contributed by atoms with E-state index >= 15 is 0 Å². The average Bonchev–Trinajstić information content (AvgIpc) is 4.50. The van der Waals surface area contributed by atoms with Gasteiger partial charge in [-0.1, -0.05) is 199 Å². The molecule has 0 spiro atoms. The fraction of sp³-hybridized carbons (Fsp3) is 0. The standard InChI is InChI=1S/C35H23N5.C18H12N4.C17H12BrN/c1-4-12-24(13-5-1)26-20-30(25-14-6-2-7-15-25)36-35(21-26)39-32-19-11-10-18-28(32)29-22-34-31(23-33(29)39)37-38-40(34)27-16-8-3-9-17-27;1-2-6-12(7-3-1)22-18-10-14-13-8-4-5-9-15(13)19-16(14)11-17(18)20-21-22;18-17-12-15(13-7-3-1-4-8-13)11-16(19-17)14-9-5-2-6-10-14/h1-23H;1-11,21H;1-12H. The zero-order chi connectivity index (χ0) is 54.1. The van der Waals surface area contributed by atoms with Gasteiger partial charge in [-0.05, 0) is 123 Å². The number of aromatic amines is 1. The molecule has 6 heterocycles. The second-order valence-corrected chi connectivity index (χ2v) is 20.4. The molecule has 81 heavy (non-hydrogen) atoms. The van der Waals surface area contributed by atoms with E-state index in [1.54, 1.807) is 0 Å². The van der Waals surface area contributed by atoms with Crippen molar-refractivity contribution in [1.29, 1.82) is 0 Å². The van der Waals surface area contributed by atoms with E-state index in [9.17, 15) is 0 Å². The van der Waals surface area contributed by atoms with Crippen molar-refractivity contribution in [3.63, 3.8) is 0 Å². The first-order chi connectivity index (χ1) is 40.1. The Morgan fingerprint density at radius 3 is 1.51 bits per heavy atom. The van der Waals surface area contributed by atoms with Crippen molar-refractivity contribution in [3.8, 4) is 62.0 Å². The number of aromatic nitrogens is 10. The highest BCUT2D eigenvalue weighted by Gasteiger charge is 2.19. The van der Waals surface area contributed by atoms with Crippen LogP contribution in [0.2, 0.25) is 0 Å². The topological polar surface area (TPSA) is 108 Å². The summed E-state index contributed by atoms with van der Waals surface area (Å²) in [4.78, 5) is 14.5. The number of hydrogen-bond donors (Lipinski definition) is 1. The van der Waals surface area contributed by atoms with Gasteiger partial charge < -0.3 is 0 Å². The van der Waals surface area contributed by atoms with E-state index in [0.717, 1.165) is 116 Å². The number of benzene rings is 10. The van der Waals surface area contributed by atoms with Crippen LogP contribution in [0.25, 0.3) is 128 Å². The summed E-state index contributed by atoms with van der Waals surface area (Å²) >= 11 is 3.50. The van der Waals surface area contributed by atoms with E-state index in [4.69, 9.17) is 4.98 Å². The number of fused-ring (bicyclic) bond motifs is 8. The van der Waals surface area contributed by atoms with E-state index in [1.165, 1.54) is 16.5 Å². The van der Waals surface area contributed by atoms with Gasteiger partial charge >= 0.3 is 0 Å². The molecule has 0 aliphatic carbocycles. The van der Waals surface area contributed by atoms with Gasteiger partial charge in [0.15, 0.2) is 0 Å². The van der Waals surface area contributed by atoms with E-state index in [0.29, 0.717) is 0 Å². The van der Waals surface area contributed by atoms with Gasteiger partial charge in [0.1, 0.15) is 21.5 Å². The molecule has 16 aromatic rings. The van der Waals surface area contributed by atoms with Crippen molar-refractivity contribution in [2.24, 2.45) is 0 Å². The van der Waals surface area contributed by atoms with Gasteiger partial charge in [0, 0.05) is 32.7 Å². The number of H-pyrrole nitrogens is 1. The Labute approximate surface area is 474 Å². The van der Waals surface area contributed by atoms with Crippen LogP contribution in [0.15, 0.2) is 284 Å². The van der Waals surface area contributed by atoms with Crippen LogP contribution < -0.4 is 0 Å². The number of nitrogens with one attached hydrogen (secondary N) is 1. The Balaban J connectivity index is 0.000000121. The summed E-state index contributed by atoms with van der Waals surface area (Å²) in [6.07, 6.45) is 0. The normalized spacial score (nSPS) is 11.3. The summed E-state index contributed by atoms with van der Waals surface area (Å²) in [7, 11) is 0. The Hall–Kier alpha value is -10.6. The average molecular weight is 1110 g/mol. The lowest BCUT2D eigenvalue weighted by atomic mass is 10.0. The monoisotopic (exact) mass is 1110 g/mol. The third kappa shape index (κ3) is 9.57. The van der Waals surface area contributed by atoms with Crippen LogP contribution in [0.1, 0.15) is 0 Å². The lowest BCUT2D eigenvalue weighted by Gasteiger charge is -2.13. The highest BCUT2D eigenvalue weighted by Crippen LogP contribution is 2.37. The van der Waals surface area contributed by atoms with Crippen molar-refractivity contribution in [2.45, 2.75) is 0 Å². The first kappa shape index (κ1) is 48.7. The van der Waals surface area contributed by atoms with Crippen LogP contribution in [-0.4, -0.2) is 49.5 Å². The lowest BCUT2D eigenvalue weighted by Crippen LogP contribution is -2.00. The Morgan fingerprint density at radius 2 is 0.852 bits per heavy atom. The summed E-state index contributed by atoms with van der Waals surface area (Å²) in [6, 6.07) is 95.5. The van der Waals surface area contributed by atoms with Gasteiger partial charge in [0.05, 0.1) is 55.9 Å². The van der Waals surface area contributed by atoms with E-state index in [-0.39, 0.29) is 0 Å². The zero-order valence-electron chi connectivity index (χ0n) is 43.5. The molecule has 0 radical (unpaired) electrons. The molecule has 0 aliphatic heterocycles. The summed E-state index contributed by atoms with van der Waals surface area (Å²) in [5, 5.41) is 21.2. The summed E-state index contributed by atoms with van der Waals surface area (Å²) in [5.41, 5.74) is 18.7. The van der Waals surface area contributed by atoms with Crippen LogP contribution in [0.5, 0.6) is 0 Å². The minimum Gasteiger partial charge on any atom is -0.294 e. The molecule has 0 fully saturated rings. The molecule has 1 N–H and O–H groups in total. The van der Waals surface area contributed by atoms with Crippen molar-refractivity contribution in [2.75, 3.05) is 0 Å². The van der Waals surface area contributed by atoms with E-state index in [2.05, 4.69) is 203 Å². The Morgan fingerprint density at radius 1 is 0.321 bits per heavy atom.